The first-order valence-corrected chi connectivity index (χ1v) is 10.4. The molecule has 0 bridgehead atoms. The van der Waals surface area contributed by atoms with Crippen LogP contribution in [0, 0.1) is 13.8 Å². The molecule has 0 amide bonds. The van der Waals surface area contributed by atoms with Gasteiger partial charge >= 0.3 is 75.9 Å². The van der Waals surface area contributed by atoms with Crippen LogP contribution in [-0.2, 0) is 17.2 Å². The maximum Gasteiger partial charge on any atom is 0.124 e. The normalized spacial score (nSPS) is 11.1. The molecule has 3 aromatic rings. The van der Waals surface area contributed by atoms with Crippen molar-refractivity contribution in [2.45, 2.75) is 18.7 Å². The van der Waals surface area contributed by atoms with Gasteiger partial charge in [0, 0.05) is 0 Å². The summed E-state index contributed by atoms with van der Waals surface area (Å²) in [5.41, 5.74) is 2.35. The second-order valence-electron chi connectivity index (χ2n) is 4.91. The standard InChI is InChI=1S/C9H10NTe.C7H8O3S/c1-7-10(2)8-5-3-4-6-9(8)11-7;1-6-2-4-7(5-3-6)11(8,9)10/h3-6H,1-2H3;2-5H,1H3,(H,8,9,10)/q+1;/p-1. The van der Waals surface area contributed by atoms with Gasteiger partial charge in [0.25, 0.3) is 0 Å². The summed E-state index contributed by atoms with van der Waals surface area (Å²) in [4.78, 5) is -0.178. The van der Waals surface area contributed by atoms with Crippen molar-refractivity contribution in [3.05, 3.63) is 57.8 Å². The maximum atomic E-state index is 10.4. The second kappa shape index (κ2) is 6.93. The Morgan fingerprint density at radius 2 is 1.59 bits per heavy atom. The Hall–Kier alpha value is -1.19. The van der Waals surface area contributed by atoms with Crippen LogP contribution in [0.25, 0.3) is 8.92 Å². The molecular weight excluding hydrogens is 414 g/mol. The molecule has 22 heavy (non-hydrogen) atoms. The number of rotatable bonds is 1. The first-order chi connectivity index (χ1) is 10.3. The van der Waals surface area contributed by atoms with Gasteiger partial charge in [-0.15, -0.1) is 0 Å². The molecule has 1 aromatic heterocycles. The van der Waals surface area contributed by atoms with Crippen LogP contribution in [0.1, 0.15) is 9.27 Å². The predicted molar refractivity (Wildman–Crippen MR) is 85.9 cm³/mol. The Balaban J connectivity index is 0.000000160. The summed E-state index contributed by atoms with van der Waals surface area (Å²) in [6.45, 7) is 4.06. The van der Waals surface area contributed by atoms with E-state index in [0.29, 0.717) is 0 Å². The molecular formula is C16H17NO3STe. The molecule has 2 aromatic carbocycles. The molecule has 4 nitrogen and oxygen atoms in total. The molecule has 0 aliphatic rings. The van der Waals surface area contributed by atoms with Crippen molar-refractivity contribution in [3.63, 3.8) is 0 Å². The molecule has 3 rings (SSSR count). The van der Waals surface area contributed by atoms with E-state index in [9.17, 15) is 13.0 Å². The second-order valence-corrected chi connectivity index (χ2v) is 9.82. The number of para-hydroxylation sites is 1. The predicted octanol–water partition coefficient (Wildman–Crippen LogP) is 1.93. The van der Waals surface area contributed by atoms with Crippen LogP contribution in [0.4, 0.5) is 0 Å². The van der Waals surface area contributed by atoms with E-state index in [1.165, 1.54) is 17.6 Å². The SMILES string of the molecule is Cc1[te]c2ccccc2[n+]1C.Cc1ccc(S(=O)(=O)[O-])cc1. The first kappa shape index (κ1) is 17.2. The molecule has 0 saturated carbocycles. The van der Waals surface area contributed by atoms with Gasteiger partial charge in [0.1, 0.15) is 10.1 Å². The van der Waals surface area contributed by atoms with Crippen LogP contribution in [0.5, 0.6) is 0 Å². The van der Waals surface area contributed by atoms with Crippen molar-refractivity contribution in [1.82, 2.24) is 0 Å². The third kappa shape index (κ3) is 4.17. The molecule has 116 valence electrons. The number of fused-ring (bicyclic) bond motifs is 1. The van der Waals surface area contributed by atoms with Crippen molar-refractivity contribution < 1.29 is 17.5 Å². The Kier molecular flexibility index (Phi) is 5.41. The number of hydrogen-bond acceptors (Lipinski definition) is 3. The summed E-state index contributed by atoms with van der Waals surface area (Å²) in [6, 6.07) is 14.5. The van der Waals surface area contributed by atoms with Crippen molar-refractivity contribution in [2.24, 2.45) is 7.05 Å². The van der Waals surface area contributed by atoms with E-state index in [1.54, 1.807) is 19.2 Å². The molecule has 0 aliphatic heterocycles. The van der Waals surface area contributed by atoms with E-state index in [-0.39, 0.29) is 25.3 Å². The third-order valence-corrected chi connectivity index (χ3v) is 7.35. The Morgan fingerprint density at radius 1 is 1.00 bits per heavy atom. The number of aryl methyl sites for hydroxylation is 3. The van der Waals surface area contributed by atoms with Crippen LogP contribution in [0.3, 0.4) is 0 Å². The molecule has 1 heterocycles. The van der Waals surface area contributed by atoms with E-state index >= 15 is 0 Å². The average molecular weight is 431 g/mol. The fourth-order valence-corrected chi connectivity index (χ4v) is 5.27. The Labute approximate surface area is 140 Å². The van der Waals surface area contributed by atoms with Gasteiger partial charge in [0.15, 0.2) is 0 Å². The zero-order chi connectivity index (χ0) is 16.3. The molecule has 0 radical (unpaired) electrons. The van der Waals surface area contributed by atoms with Crippen LogP contribution in [0.2, 0.25) is 0 Å². The molecule has 0 N–H and O–H groups in total. The average Bonchev–Trinajstić information content (AvgIpc) is 2.75. The summed E-state index contributed by atoms with van der Waals surface area (Å²) in [5.74, 6) is 0. The Bertz CT molecular complexity index is 883. The molecule has 0 spiro atoms. The van der Waals surface area contributed by atoms with Crippen molar-refractivity contribution in [2.75, 3.05) is 0 Å². The van der Waals surface area contributed by atoms with Gasteiger partial charge in [-0.3, -0.25) is 0 Å². The topological polar surface area (TPSA) is 61.1 Å². The summed E-state index contributed by atoms with van der Waals surface area (Å²) in [6.07, 6.45) is 0. The van der Waals surface area contributed by atoms with Crippen LogP contribution >= 0.6 is 0 Å². The van der Waals surface area contributed by atoms with Crippen LogP contribution < -0.4 is 4.57 Å². The zero-order valence-electron chi connectivity index (χ0n) is 12.6. The number of aromatic nitrogens is 1. The van der Waals surface area contributed by atoms with Gasteiger partial charge in [0.2, 0.25) is 0 Å². The van der Waals surface area contributed by atoms with E-state index in [1.807, 2.05) is 6.92 Å². The van der Waals surface area contributed by atoms with E-state index < -0.39 is 10.1 Å². The number of nitrogens with zero attached hydrogens (tertiary/aromatic N) is 1. The number of benzene rings is 2. The third-order valence-electron chi connectivity index (χ3n) is 3.27. The van der Waals surface area contributed by atoms with Crippen molar-refractivity contribution >= 4 is 39.5 Å². The molecule has 0 saturated heterocycles. The smallest absolute Gasteiger partial charge is 0.124 e. The zero-order valence-corrected chi connectivity index (χ0v) is 15.8. The minimum atomic E-state index is -4.27. The van der Waals surface area contributed by atoms with Gasteiger partial charge < -0.3 is 4.55 Å². The quantitative estimate of drug-likeness (QED) is 0.336. The summed E-state index contributed by atoms with van der Waals surface area (Å²) in [7, 11) is -2.11. The summed E-state index contributed by atoms with van der Waals surface area (Å²) in [5, 5.41) is 0. The molecule has 0 atom stereocenters. The maximum absolute atomic E-state index is 10.4. The van der Waals surface area contributed by atoms with Crippen LogP contribution in [0.15, 0.2) is 53.4 Å². The van der Waals surface area contributed by atoms with Gasteiger partial charge in [-0.05, 0) is 19.1 Å². The molecule has 6 heteroatoms. The Morgan fingerprint density at radius 3 is 2.14 bits per heavy atom. The van der Waals surface area contributed by atoms with E-state index in [2.05, 4.69) is 42.8 Å². The van der Waals surface area contributed by atoms with Crippen molar-refractivity contribution in [3.8, 4) is 0 Å². The van der Waals surface area contributed by atoms with Gasteiger partial charge in [0.05, 0.1) is 4.90 Å². The molecule has 0 fully saturated rings. The van der Waals surface area contributed by atoms with Crippen LogP contribution in [-0.4, -0.2) is 33.4 Å². The fourth-order valence-electron chi connectivity index (χ4n) is 1.92. The van der Waals surface area contributed by atoms with E-state index in [0.717, 1.165) is 5.56 Å². The largest absolute Gasteiger partial charge is 0.744 e. The minimum absolute atomic E-state index is 0.0117. The monoisotopic (exact) mass is 433 g/mol. The van der Waals surface area contributed by atoms with Gasteiger partial charge in [-0.25, -0.2) is 8.42 Å². The van der Waals surface area contributed by atoms with Crippen molar-refractivity contribution in [1.29, 1.82) is 0 Å². The molecule has 0 aliphatic carbocycles. The summed E-state index contributed by atoms with van der Waals surface area (Å²) < 4.78 is 36.6. The summed E-state index contributed by atoms with van der Waals surface area (Å²) >= 11 is -0.0117. The minimum Gasteiger partial charge on any atom is -0.744 e. The first-order valence-electron chi connectivity index (χ1n) is 6.66. The van der Waals surface area contributed by atoms with Gasteiger partial charge in [-0.1, -0.05) is 17.7 Å². The molecule has 0 unspecified atom stereocenters. The fraction of sp³-hybridized carbons (Fsp3) is 0.188. The van der Waals surface area contributed by atoms with Gasteiger partial charge in [-0.2, -0.15) is 0 Å². The van der Waals surface area contributed by atoms with E-state index in [4.69, 9.17) is 0 Å². The number of hydrogen-bond donors (Lipinski definition) is 0.